The van der Waals surface area contributed by atoms with Crippen LogP contribution in [0.3, 0.4) is 0 Å². The summed E-state index contributed by atoms with van der Waals surface area (Å²) in [5.74, 6) is 0. The van der Waals surface area contributed by atoms with Crippen LogP contribution in [0.4, 0.5) is 11.4 Å². The maximum absolute atomic E-state index is 2.37. The molecule has 0 aromatic heterocycles. The topological polar surface area (TPSA) is 3.24 Å². The molecule has 0 aliphatic heterocycles. The van der Waals surface area contributed by atoms with E-state index in [2.05, 4.69) is 158 Å². The van der Waals surface area contributed by atoms with Crippen LogP contribution in [0.5, 0.6) is 0 Å². The van der Waals surface area contributed by atoms with Crippen LogP contribution in [0.1, 0.15) is 16.7 Å². The molecule has 0 aliphatic carbocycles. The van der Waals surface area contributed by atoms with Crippen molar-refractivity contribution in [2.24, 2.45) is 0 Å². The molecular formula is C37H27N. The maximum Gasteiger partial charge on any atom is 0.0540 e. The molecule has 0 amide bonds. The molecule has 180 valence electrons. The Labute approximate surface area is 223 Å². The van der Waals surface area contributed by atoms with Crippen LogP contribution in [0.2, 0.25) is 0 Å². The number of anilines is 2. The molecule has 0 saturated heterocycles. The second kappa shape index (κ2) is 9.21. The summed E-state index contributed by atoms with van der Waals surface area (Å²) in [5, 5.41) is 7.72. The fraction of sp³-hybridized carbons (Fsp3) is 0.0270. The minimum Gasteiger partial charge on any atom is -0.316 e. The van der Waals surface area contributed by atoms with Crippen molar-refractivity contribution in [1.82, 2.24) is 0 Å². The van der Waals surface area contributed by atoms with Crippen molar-refractivity contribution in [3.05, 3.63) is 162 Å². The van der Waals surface area contributed by atoms with Crippen molar-refractivity contribution >= 4 is 49.3 Å². The SMILES string of the molecule is Cc1ccc(N(C=C(c2ccccc2)c2ccccc2)c2cc3cccc4ccc5cccc2c5c43)cc1. The molecule has 0 bridgehead atoms. The third kappa shape index (κ3) is 3.81. The lowest BCUT2D eigenvalue weighted by Gasteiger charge is -2.26. The number of hydrogen-bond acceptors (Lipinski definition) is 1. The summed E-state index contributed by atoms with van der Waals surface area (Å²) in [7, 11) is 0. The zero-order valence-electron chi connectivity index (χ0n) is 21.3. The highest BCUT2D eigenvalue weighted by Crippen LogP contribution is 2.43. The fourth-order valence-corrected chi connectivity index (χ4v) is 5.61. The largest absolute Gasteiger partial charge is 0.316 e. The van der Waals surface area contributed by atoms with Gasteiger partial charge in [-0.3, -0.25) is 0 Å². The Kier molecular flexibility index (Phi) is 5.41. The van der Waals surface area contributed by atoms with Crippen molar-refractivity contribution in [3.63, 3.8) is 0 Å². The number of benzene rings is 7. The summed E-state index contributed by atoms with van der Waals surface area (Å²) >= 11 is 0. The van der Waals surface area contributed by atoms with Gasteiger partial charge in [0.15, 0.2) is 0 Å². The molecule has 0 unspecified atom stereocenters. The predicted octanol–water partition coefficient (Wildman–Crippen LogP) is 10.1. The Morgan fingerprint density at radius 1 is 0.526 bits per heavy atom. The molecule has 7 rings (SSSR count). The standard InChI is InChI=1S/C37H27N/c1-26-18-22-32(23-19-26)38(25-34(27-10-4-2-5-11-27)28-12-6-3-7-13-28)35-24-31-16-8-14-29-20-21-30-15-9-17-33(35)37(30)36(29)31/h2-25H,1H3. The van der Waals surface area contributed by atoms with Gasteiger partial charge in [0.05, 0.1) is 5.69 Å². The van der Waals surface area contributed by atoms with Crippen molar-refractivity contribution < 1.29 is 0 Å². The van der Waals surface area contributed by atoms with E-state index in [1.165, 1.54) is 60.3 Å². The zero-order chi connectivity index (χ0) is 25.5. The molecule has 0 heterocycles. The lowest BCUT2D eigenvalue weighted by molar-refractivity contribution is 1.29. The lowest BCUT2D eigenvalue weighted by Crippen LogP contribution is -2.11. The molecule has 0 saturated carbocycles. The first-order valence-corrected chi connectivity index (χ1v) is 13.1. The third-order valence-corrected chi connectivity index (χ3v) is 7.49. The van der Waals surface area contributed by atoms with Crippen LogP contribution in [0.25, 0.3) is 37.9 Å². The van der Waals surface area contributed by atoms with Gasteiger partial charge in [0.1, 0.15) is 0 Å². The minimum atomic E-state index is 1.13. The Morgan fingerprint density at radius 2 is 1.11 bits per heavy atom. The van der Waals surface area contributed by atoms with E-state index >= 15 is 0 Å². The average molecular weight is 486 g/mol. The molecule has 0 aliphatic rings. The second-order valence-corrected chi connectivity index (χ2v) is 9.92. The highest BCUT2D eigenvalue weighted by Gasteiger charge is 2.18. The first-order chi connectivity index (χ1) is 18.8. The molecule has 1 heteroatoms. The van der Waals surface area contributed by atoms with E-state index in [4.69, 9.17) is 0 Å². The van der Waals surface area contributed by atoms with Gasteiger partial charge in [-0.05, 0) is 63.2 Å². The van der Waals surface area contributed by atoms with Gasteiger partial charge >= 0.3 is 0 Å². The Bertz CT molecular complexity index is 1860. The molecule has 38 heavy (non-hydrogen) atoms. The third-order valence-electron chi connectivity index (χ3n) is 7.49. The summed E-state index contributed by atoms with van der Waals surface area (Å²) in [5.41, 5.74) is 7.11. The van der Waals surface area contributed by atoms with Gasteiger partial charge in [0.25, 0.3) is 0 Å². The fourth-order valence-electron chi connectivity index (χ4n) is 5.61. The van der Waals surface area contributed by atoms with Gasteiger partial charge in [-0.15, -0.1) is 0 Å². The molecular weight excluding hydrogens is 458 g/mol. The molecule has 0 spiro atoms. The van der Waals surface area contributed by atoms with Gasteiger partial charge in [-0.1, -0.05) is 127 Å². The summed E-state index contributed by atoms with van der Waals surface area (Å²) in [6.45, 7) is 2.14. The van der Waals surface area contributed by atoms with Gasteiger partial charge < -0.3 is 4.90 Å². The monoisotopic (exact) mass is 485 g/mol. The quantitative estimate of drug-likeness (QED) is 0.219. The summed E-state index contributed by atoms with van der Waals surface area (Å²) in [4.78, 5) is 2.37. The molecule has 0 N–H and O–H groups in total. The highest BCUT2D eigenvalue weighted by molar-refractivity contribution is 6.26. The van der Waals surface area contributed by atoms with Crippen LogP contribution < -0.4 is 4.90 Å². The normalized spacial score (nSPS) is 11.3. The second-order valence-electron chi connectivity index (χ2n) is 9.92. The summed E-state index contributed by atoms with van der Waals surface area (Å²) in [6.07, 6.45) is 2.31. The van der Waals surface area contributed by atoms with Crippen molar-refractivity contribution in [2.45, 2.75) is 6.92 Å². The number of hydrogen-bond donors (Lipinski definition) is 0. The van der Waals surface area contributed by atoms with E-state index in [0.717, 1.165) is 5.69 Å². The smallest absolute Gasteiger partial charge is 0.0540 e. The molecule has 0 radical (unpaired) electrons. The first-order valence-electron chi connectivity index (χ1n) is 13.1. The van der Waals surface area contributed by atoms with Crippen LogP contribution in [-0.2, 0) is 0 Å². The molecule has 0 atom stereocenters. The maximum atomic E-state index is 2.37. The van der Waals surface area contributed by atoms with E-state index in [-0.39, 0.29) is 0 Å². The van der Waals surface area contributed by atoms with Crippen molar-refractivity contribution in [3.8, 4) is 0 Å². The van der Waals surface area contributed by atoms with Crippen molar-refractivity contribution in [1.29, 1.82) is 0 Å². The zero-order valence-corrected chi connectivity index (χ0v) is 21.3. The van der Waals surface area contributed by atoms with Gasteiger partial charge in [-0.2, -0.15) is 0 Å². The highest BCUT2D eigenvalue weighted by atomic mass is 15.1. The Hall–Kier alpha value is -4.88. The van der Waals surface area contributed by atoms with Gasteiger partial charge in [0.2, 0.25) is 0 Å². The van der Waals surface area contributed by atoms with E-state index in [0.29, 0.717) is 0 Å². The molecule has 7 aromatic rings. The Balaban J connectivity index is 1.57. The van der Waals surface area contributed by atoms with E-state index in [1.807, 2.05) is 0 Å². The predicted molar refractivity (Wildman–Crippen MR) is 163 cm³/mol. The van der Waals surface area contributed by atoms with Crippen LogP contribution in [0.15, 0.2) is 146 Å². The molecule has 7 aromatic carbocycles. The van der Waals surface area contributed by atoms with Crippen molar-refractivity contribution in [2.75, 3.05) is 4.90 Å². The number of aryl methyl sites for hydroxylation is 1. The minimum absolute atomic E-state index is 1.13. The molecule has 1 nitrogen and oxygen atoms in total. The van der Waals surface area contributed by atoms with Gasteiger partial charge in [0, 0.05) is 22.8 Å². The average Bonchev–Trinajstić information content (AvgIpc) is 2.98. The lowest BCUT2D eigenvalue weighted by atomic mass is 9.92. The van der Waals surface area contributed by atoms with E-state index < -0.39 is 0 Å². The van der Waals surface area contributed by atoms with Crippen LogP contribution >= 0.6 is 0 Å². The van der Waals surface area contributed by atoms with Crippen LogP contribution in [-0.4, -0.2) is 0 Å². The van der Waals surface area contributed by atoms with E-state index in [9.17, 15) is 0 Å². The summed E-state index contributed by atoms with van der Waals surface area (Å²) in [6, 6.07) is 50.3. The number of rotatable bonds is 5. The number of nitrogens with zero attached hydrogens (tertiary/aromatic N) is 1. The van der Waals surface area contributed by atoms with Crippen LogP contribution in [0, 0.1) is 6.92 Å². The summed E-state index contributed by atoms with van der Waals surface area (Å²) < 4.78 is 0. The first kappa shape index (κ1) is 22.3. The van der Waals surface area contributed by atoms with Gasteiger partial charge in [-0.25, -0.2) is 0 Å². The van der Waals surface area contributed by atoms with E-state index in [1.54, 1.807) is 0 Å². The molecule has 0 fully saturated rings. The Morgan fingerprint density at radius 3 is 1.76 bits per heavy atom.